The zero-order chi connectivity index (χ0) is 14.4. The molecule has 0 bridgehead atoms. The summed E-state index contributed by atoms with van der Waals surface area (Å²) < 4.78 is 6.66. The predicted molar refractivity (Wildman–Crippen MR) is 65.9 cm³/mol. The maximum absolute atomic E-state index is 11.7. The van der Waals surface area contributed by atoms with Gasteiger partial charge < -0.3 is 14.1 Å². The third-order valence-corrected chi connectivity index (χ3v) is 2.43. The first kappa shape index (κ1) is 13.5. The number of aromatic nitrogens is 2. The third-order valence-electron chi connectivity index (χ3n) is 2.43. The first-order chi connectivity index (χ1) is 9.65. The number of carbonyl (C=O) groups excluding carboxylic acids is 1. The summed E-state index contributed by atoms with van der Waals surface area (Å²) in [6.07, 6.45) is 4.79. The molecule has 1 aromatic carbocycles. The molecule has 2 rings (SSSR count). The van der Waals surface area contributed by atoms with Crippen molar-refractivity contribution in [3.63, 3.8) is 0 Å². The van der Waals surface area contributed by atoms with E-state index in [1.165, 1.54) is 18.5 Å². The van der Waals surface area contributed by atoms with E-state index in [1.54, 1.807) is 29.1 Å². The Hall–Kier alpha value is -2.90. The van der Waals surface area contributed by atoms with Gasteiger partial charge >= 0.3 is 5.97 Å². The van der Waals surface area contributed by atoms with Gasteiger partial charge in [0.2, 0.25) is 0 Å². The number of ether oxygens (including phenoxy) is 1. The molecule has 0 spiro atoms. The van der Waals surface area contributed by atoms with Crippen molar-refractivity contribution in [1.82, 2.24) is 9.55 Å². The molecule has 2 aromatic rings. The molecule has 0 unspecified atom stereocenters. The molecular weight excluding hydrogens is 266 g/mol. The number of hydrogen-bond donors (Lipinski definition) is 0. The Kier molecular flexibility index (Phi) is 4.28. The van der Waals surface area contributed by atoms with Gasteiger partial charge in [0.1, 0.15) is 6.61 Å². The molecule has 20 heavy (non-hydrogen) atoms. The normalized spacial score (nSPS) is 10.0. The summed E-state index contributed by atoms with van der Waals surface area (Å²) in [4.78, 5) is 29.8. The predicted octanol–water partition coefficient (Wildman–Crippen LogP) is 1.41. The fourth-order valence-corrected chi connectivity index (χ4v) is 1.44. The lowest BCUT2D eigenvalue weighted by atomic mass is 10.1. The minimum Gasteiger partial charge on any atom is -0.440 e. The molecule has 0 fully saturated rings. The topological polar surface area (TPSA) is 96.5 Å². The van der Waals surface area contributed by atoms with Gasteiger partial charge in [0.15, 0.2) is 6.73 Å². The molecule has 0 radical (unpaired) electrons. The Balaban J connectivity index is 1.88. The van der Waals surface area contributed by atoms with Crippen LogP contribution in [0.5, 0.6) is 0 Å². The molecule has 0 saturated heterocycles. The largest absolute Gasteiger partial charge is 0.440 e. The minimum atomic E-state index is -0.868. The van der Waals surface area contributed by atoms with Crippen LogP contribution >= 0.6 is 0 Å². The van der Waals surface area contributed by atoms with Crippen molar-refractivity contribution in [1.29, 1.82) is 0 Å². The SMILES string of the molecule is O=C(OCn1ccnc1)c1ccc(CO[N+](=O)[O-])cc1. The summed E-state index contributed by atoms with van der Waals surface area (Å²) in [6.45, 7) is -0.0810. The van der Waals surface area contributed by atoms with Crippen molar-refractivity contribution in [3.05, 3.63) is 64.2 Å². The van der Waals surface area contributed by atoms with E-state index in [1.807, 2.05) is 0 Å². The molecule has 0 amide bonds. The lowest BCUT2D eigenvalue weighted by Crippen LogP contribution is -2.09. The second-order valence-corrected chi connectivity index (χ2v) is 3.83. The number of esters is 1. The van der Waals surface area contributed by atoms with Crippen molar-refractivity contribution in [3.8, 4) is 0 Å². The van der Waals surface area contributed by atoms with Gasteiger partial charge in [-0.3, -0.25) is 0 Å². The average molecular weight is 277 g/mol. The lowest BCUT2D eigenvalue weighted by molar-refractivity contribution is -0.763. The molecule has 104 valence electrons. The highest BCUT2D eigenvalue weighted by molar-refractivity contribution is 5.89. The van der Waals surface area contributed by atoms with Crippen LogP contribution in [0.25, 0.3) is 0 Å². The summed E-state index contributed by atoms with van der Waals surface area (Å²) in [5, 5.41) is 9.18. The van der Waals surface area contributed by atoms with Crippen molar-refractivity contribution in [2.75, 3.05) is 0 Å². The molecule has 0 saturated carbocycles. The molecular formula is C12H11N3O5. The molecule has 0 atom stereocenters. The maximum atomic E-state index is 11.7. The quantitative estimate of drug-likeness (QED) is 0.450. The standard InChI is InChI=1S/C12H11N3O5/c16-12(19-9-14-6-5-13-8-14)11-3-1-10(2-4-11)7-20-15(17)18/h1-6,8H,7,9H2. The fraction of sp³-hybridized carbons (Fsp3) is 0.167. The van der Waals surface area contributed by atoms with Gasteiger partial charge in [-0.1, -0.05) is 12.1 Å². The summed E-state index contributed by atoms with van der Waals surface area (Å²) >= 11 is 0. The Morgan fingerprint density at radius 1 is 1.35 bits per heavy atom. The lowest BCUT2D eigenvalue weighted by Gasteiger charge is -2.06. The van der Waals surface area contributed by atoms with E-state index >= 15 is 0 Å². The molecule has 1 heterocycles. The highest BCUT2D eigenvalue weighted by atomic mass is 16.9. The molecule has 0 N–H and O–H groups in total. The average Bonchev–Trinajstić information content (AvgIpc) is 2.96. The van der Waals surface area contributed by atoms with Gasteiger partial charge in [-0.05, 0) is 17.7 Å². The van der Waals surface area contributed by atoms with Crippen LogP contribution in [0, 0.1) is 10.1 Å². The number of carbonyl (C=O) groups is 1. The zero-order valence-electron chi connectivity index (χ0n) is 10.3. The van der Waals surface area contributed by atoms with Gasteiger partial charge in [-0.15, -0.1) is 10.1 Å². The van der Waals surface area contributed by atoms with Crippen LogP contribution in [0.1, 0.15) is 15.9 Å². The number of rotatable bonds is 6. The van der Waals surface area contributed by atoms with Crippen LogP contribution in [0.4, 0.5) is 0 Å². The van der Waals surface area contributed by atoms with Gasteiger partial charge in [0.25, 0.3) is 5.09 Å². The van der Waals surface area contributed by atoms with Gasteiger partial charge in [-0.2, -0.15) is 0 Å². The summed E-state index contributed by atoms with van der Waals surface area (Å²) in [6, 6.07) is 6.18. The van der Waals surface area contributed by atoms with Crippen molar-refractivity contribution < 1.29 is 19.5 Å². The Labute approximate surface area is 113 Å². The highest BCUT2D eigenvalue weighted by Crippen LogP contribution is 2.07. The van der Waals surface area contributed by atoms with E-state index in [0.29, 0.717) is 11.1 Å². The summed E-state index contributed by atoms with van der Waals surface area (Å²) in [7, 11) is 0. The Bertz CT molecular complexity index is 580. The number of imidazole rings is 1. The molecule has 8 heteroatoms. The van der Waals surface area contributed by atoms with E-state index in [9.17, 15) is 14.9 Å². The molecule has 0 aliphatic rings. The summed E-state index contributed by atoms with van der Waals surface area (Å²) in [5.41, 5.74) is 0.947. The van der Waals surface area contributed by atoms with E-state index < -0.39 is 11.1 Å². The number of nitrogens with zero attached hydrogens (tertiary/aromatic N) is 3. The smallest absolute Gasteiger partial charge is 0.339 e. The molecule has 0 aliphatic heterocycles. The minimum absolute atomic E-state index is 0.0744. The molecule has 8 nitrogen and oxygen atoms in total. The van der Waals surface area contributed by atoms with Crippen LogP contribution in [0.2, 0.25) is 0 Å². The first-order valence-corrected chi connectivity index (χ1v) is 5.64. The molecule has 0 aliphatic carbocycles. The Morgan fingerprint density at radius 2 is 2.10 bits per heavy atom. The van der Waals surface area contributed by atoms with Crippen LogP contribution in [0.15, 0.2) is 43.0 Å². The highest BCUT2D eigenvalue weighted by Gasteiger charge is 2.07. The maximum Gasteiger partial charge on any atom is 0.339 e. The molecule has 1 aromatic heterocycles. The first-order valence-electron chi connectivity index (χ1n) is 5.64. The van der Waals surface area contributed by atoms with E-state index in [-0.39, 0.29) is 13.3 Å². The zero-order valence-corrected chi connectivity index (χ0v) is 10.3. The van der Waals surface area contributed by atoms with Crippen molar-refractivity contribution in [2.45, 2.75) is 13.3 Å². The van der Waals surface area contributed by atoms with Crippen LogP contribution < -0.4 is 0 Å². The summed E-state index contributed by atoms with van der Waals surface area (Å²) in [5.74, 6) is -0.486. The van der Waals surface area contributed by atoms with Crippen LogP contribution in [-0.4, -0.2) is 20.6 Å². The Morgan fingerprint density at radius 3 is 2.70 bits per heavy atom. The third kappa shape index (κ3) is 3.80. The number of benzene rings is 1. The van der Waals surface area contributed by atoms with E-state index in [4.69, 9.17) is 4.74 Å². The van der Waals surface area contributed by atoms with Gasteiger partial charge in [0.05, 0.1) is 11.9 Å². The van der Waals surface area contributed by atoms with E-state index in [2.05, 4.69) is 9.82 Å². The fourth-order valence-electron chi connectivity index (χ4n) is 1.44. The second kappa shape index (κ2) is 6.32. The van der Waals surface area contributed by atoms with Crippen LogP contribution in [-0.2, 0) is 22.9 Å². The second-order valence-electron chi connectivity index (χ2n) is 3.83. The van der Waals surface area contributed by atoms with Crippen molar-refractivity contribution >= 4 is 5.97 Å². The van der Waals surface area contributed by atoms with Gasteiger partial charge in [-0.25, -0.2) is 9.78 Å². The van der Waals surface area contributed by atoms with E-state index in [0.717, 1.165) is 0 Å². The number of hydrogen-bond acceptors (Lipinski definition) is 6. The van der Waals surface area contributed by atoms with Crippen molar-refractivity contribution in [2.24, 2.45) is 0 Å². The van der Waals surface area contributed by atoms with Crippen LogP contribution in [0.3, 0.4) is 0 Å². The monoisotopic (exact) mass is 277 g/mol. The van der Waals surface area contributed by atoms with Gasteiger partial charge in [0, 0.05) is 12.4 Å².